The second-order valence-electron chi connectivity index (χ2n) is 3.66. The van der Waals surface area contributed by atoms with Crippen molar-refractivity contribution in [3.8, 4) is 0 Å². The largest absolute Gasteiger partial charge is 0.379 e. The lowest BCUT2D eigenvalue weighted by Gasteiger charge is -2.08. The van der Waals surface area contributed by atoms with Crippen molar-refractivity contribution in [3.05, 3.63) is 0 Å². The van der Waals surface area contributed by atoms with Gasteiger partial charge in [-0.15, -0.1) is 0 Å². The summed E-state index contributed by atoms with van der Waals surface area (Å²) in [4.78, 5) is 11.1. The number of hydrogen-bond donors (Lipinski definition) is 2. The lowest BCUT2D eigenvalue weighted by atomic mass is 10.2. The summed E-state index contributed by atoms with van der Waals surface area (Å²) in [6.45, 7) is 6.87. The van der Waals surface area contributed by atoms with Gasteiger partial charge in [-0.25, -0.2) is 0 Å². The van der Waals surface area contributed by atoms with Crippen molar-refractivity contribution in [2.45, 2.75) is 13.8 Å². The van der Waals surface area contributed by atoms with Gasteiger partial charge in [-0.3, -0.25) is 4.79 Å². The van der Waals surface area contributed by atoms with Crippen LogP contribution < -0.4 is 11.1 Å². The van der Waals surface area contributed by atoms with Crippen LogP contribution in [0.15, 0.2) is 0 Å². The number of rotatable bonds is 9. The number of carbonyl (C=O) groups excluding carboxylic acids is 1. The van der Waals surface area contributed by atoms with Crippen molar-refractivity contribution in [3.63, 3.8) is 0 Å². The molecule has 0 fully saturated rings. The van der Waals surface area contributed by atoms with Crippen molar-refractivity contribution in [1.82, 2.24) is 5.32 Å². The van der Waals surface area contributed by atoms with Crippen molar-refractivity contribution in [2.75, 3.05) is 39.5 Å². The van der Waals surface area contributed by atoms with Gasteiger partial charge in [0.25, 0.3) is 0 Å². The molecule has 0 radical (unpaired) electrons. The van der Waals surface area contributed by atoms with Crippen LogP contribution in [0.5, 0.6) is 0 Å². The summed E-state index contributed by atoms with van der Waals surface area (Å²) in [5.41, 5.74) is 5.21. The Bertz CT molecular complexity index is 163. The Hall–Kier alpha value is -0.650. The van der Waals surface area contributed by atoms with Gasteiger partial charge in [-0.1, -0.05) is 13.8 Å². The lowest BCUT2D eigenvalue weighted by Crippen LogP contribution is -2.31. The minimum absolute atomic E-state index is 0.0708. The van der Waals surface area contributed by atoms with Gasteiger partial charge in [0.15, 0.2) is 0 Å². The average Bonchev–Trinajstić information content (AvgIpc) is 2.17. The molecule has 1 amide bonds. The van der Waals surface area contributed by atoms with Crippen LogP contribution in [0.25, 0.3) is 0 Å². The highest BCUT2D eigenvalue weighted by atomic mass is 16.5. The molecule has 0 aromatic rings. The number of nitrogens with two attached hydrogens (primary N) is 1. The maximum Gasteiger partial charge on any atom is 0.246 e. The monoisotopic (exact) mass is 218 g/mol. The maximum absolute atomic E-state index is 11.1. The number of carbonyl (C=O) groups is 1. The topological polar surface area (TPSA) is 73.6 Å². The van der Waals surface area contributed by atoms with Crippen molar-refractivity contribution < 1.29 is 14.3 Å². The quantitative estimate of drug-likeness (QED) is 0.523. The molecule has 0 aromatic heterocycles. The van der Waals surface area contributed by atoms with E-state index in [9.17, 15) is 4.79 Å². The van der Waals surface area contributed by atoms with Gasteiger partial charge < -0.3 is 20.5 Å². The highest BCUT2D eigenvalue weighted by Gasteiger charge is 2.00. The zero-order chi connectivity index (χ0) is 11.5. The second kappa shape index (κ2) is 9.89. The van der Waals surface area contributed by atoms with Gasteiger partial charge in [0, 0.05) is 19.7 Å². The molecule has 0 atom stereocenters. The van der Waals surface area contributed by atoms with Crippen LogP contribution in [0.1, 0.15) is 13.8 Å². The number of hydrogen-bond acceptors (Lipinski definition) is 4. The van der Waals surface area contributed by atoms with Crippen LogP contribution in [0.4, 0.5) is 0 Å². The van der Waals surface area contributed by atoms with E-state index in [4.69, 9.17) is 15.2 Å². The highest BCUT2D eigenvalue weighted by Crippen LogP contribution is 1.90. The summed E-state index contributed by atoms with van der Waals surface area (Å²) >= 11 is 0. The fourth-order valence-corrected chi connectivity index (χ4v) is 0.881. The average molecular weight is 218 g/mol. The molecule has 5 heteroatoms. The van der Waals surface area contributed by atoms with Gasteiger partial charge in [0.2, 0.25) is 5.91 Å². The lowest BCUT2D eigenvalue weighted by molar-refractivity contribution is -0.125. The molecule has 0 unspecified atom stereocenters. The molecule has 0 saturated heterocycles. The van der Waals surface area contributed by atoms with E-state index in [-0.39, 0.29) is 12.5 Å². The van der Waals surface area contributed by atoms with Crippen LogP contribution in [0.3, 0.4) is 0 Å². The zero-order valence-corrected chi connectivity index (χ0v) is 9.62. The van der Waals surface area contributed by atoms with E-state index < -0.39 is 0 Å². The molecule has 0 aliphatic carbocycles. The fraction of sp³-hybridized carbons (Fsp3) is 0.900. The number of amides is 1. The smallest absolute Gasteiger partial charge is 0.246 e. The van der Waals surface area contributed by atoms with Crippen molar-refractivity contribution in [1.29, 1.82) is 0 Å². The van der Waals surface area contributed by atoms with E-state index in [1.807, 2.05) is 0 Å². The van der Waals surface area contributed by atoms with Crippen LogP contribution in [0.2, 0.25) is 0 Å². The predicted octanol–water partition coefficient (Wildman–Crippen LogP) is -0.249. The van der Waals surface area contributed by atoms with Crippen LogP contribution in [-0.4, -0.2) is 45.4 Å². The first kappa shape index (κ1) is 14.3. The molecule has 0 saturated carbocycles. The van der Waals surface area contributed by atoms with E-state index in [2.05, 4.69) is 19.2 Å². The third-order valence-electron chi connectivity index (χ3n) is 1.52. The second-order valence-corrected chi connectivity index (χ2v) is 3.66. The van der Waals surface area contributed by atoms with E-state index in [1.54, 1.807) is 0 Å². The van der Waals surface area contributed by atoms with Gasteiger partial charge in [-0.2, -0.15) is 0 Å². The predicted molar refractivity (Wildman–Crippen MR) is 58.5 cm³/mol. The first-order valence-electron chi connectivity index (χ1n) is 5.29. The summed E-state index contributed by atoms with van der Waals surface area (Å²) in [6, 6.07) is 0. The Labute approximate surface area is 91.3 Å². The molecule has 0 rings (SSSR count). The molecule has 90 valence electrons. The summed E-state index contributed by atoms with van der Waals surface area (Å²) in [5.74, 6) is 0.394. The minimum atomic E-state index is -0.128. The Morgan fingerprint density at radius 3 is 2.67 bits per heavy atom. The normalized spacial score (nSPS) is 10.7. The van der Waals surface area contributed by atoms with E-state index in [0.717, 1.165) is 6.61 Å². The molecule has 0 aliphatic rings. The van der Waals surface area contributed by atoms with Crippen LogP contribution in [-0.2, 0) is 14.3 Å². The summed E-state index contributed by atoms with van der Waals surface area (Å²) in [6.07, 6.45) is 0. The summed E-state index contributed by atoms with van der Waals surface area (Å²) in [7, 11) is 0. The SMILES string of the molecule is CC(C)COCCNC(=O)COCCN. The standard InChI is InChI=1S/C10H22N2O3/c1-9(2)7-15-6-4-12-10(13)8-14-5-3-11/h9H,3-8,11H2,1-2H3,(H,12,13). The number of ether oxygens (including phenoxy) is 2. The van der Waals surface area contributed by atoms with Crippen LogP contribution >= 0.6 is 0 Å². The van der Waals surface area contributed by atoms with E-state index in [0.29, 0.717) is 32.2 Å². The fourth-order valence-electron chi connectivity index (χ4n) is 0.881. The van der Waals surface area contributed by atoms with Gasteiger partial charge in [0.1, 0.15) is 6.61 Å². The molecule has 15 heavy (non-hydrogen) atoms. The third kappa shape index (κ3) is 11.3. The molecule has 0 heterocycles. The third-order valence-corrected chi connectivity index (χ3v) is 1.52. The Morgan fingerprint density at radius 2 is 2.07 bits per heavy atom. The molecule has 0 spiro atoms. The van der Waals surface area contributed by atoms with Crippen LogP contribution in [0, 0.1) is 5.92 Å². The van der Waals surface area contributed by atoms with Gasteiger partial charge >= 0.3 is 0 Å². The molecular formula is C10H22N2O3. The Kier molecular flexibility index (Phi) is 9.46. The summed E-state index contributed by atoms with van der Waals surface area (Å²) in [5, 5.41) is 2.69. The molecule has 0 aromatic carbocycles. The maximum atomic E-state index is 11.1. The van der Waals surface area contributed by atoms with Crippen molar-refractivity contribution in [2.24, 2.45) is 11.7 Å². The van der Waals surface area contributed by atoms with Gasteiger partial charge in [0.05, 0.1) is 13.2 Å². The first-order valence-corrected chi connectivity index (χ1v) is 5.29. The molecular weight excluding hydrogens is 196 g/mol. The molecule has 5 nitrogen and oxygen atoms in total. The highest BCUT2D eigenvalue weighted by molar-refractivity contribution is 5.77. The first-order chi connectivity index (χ1) is 7.16. The minimum Gasteiger partial charge on any atom is -0.379 e. The van der Waals surface area contributed by atoms with Gasteiger partial charge in [-0.05, 0) is 5.92 Å². The Morgan fingerprint density at radius 1 is 1.33 bits per heavy atom. The van der Waals surface area contributed by atoms with Crippen molar-refractivity contribution >= 4 is 5.91 Å². The molecule has 0 bridgehead atoms. The van der Waals surface area contributed by atoms with E-state index >= 15 is 0 Å². The number of nitrogens with one attached hydrogen (secondary N) is 1. The summed E-state index contributed by atoms with van der Waals surface area (Å²) < 4.78 is 10.3. The molecule has 3 N–H and O–H groups in total. The van der Waals surface area contributed by atoms with E-state index in [1.165, 1.54) is 0 Å². The zero-order valence-electron chi connectivity index (χ0n) is 9.62. The Balaban J connectivity index is 3.17. The molecule has 0 aliphatic heterocycles.